The van der Waals surface area contributed by atoms with Gasteiger partial charge in [0.2, 0.25) is 0 Å². The SMILES string of the molecule is C/C=C\C(=C1C=CC(=O)C=C1)c1ccccc1. The Morgan fingerprint density at radius 3 is 2.24 bits per heavy atom. The quantitative estimate of drug-likeness (QED) is 0.745. The molecule has 1 aromatic carbocycles. The minimum absolute atomic E-state index is 0.0432. The smallest absolute Gasteiger partial charge is 0.178 e. The van der Waals surface area contributed by atoms with Crippen LogP contribution in [0.2, 0.25) is 0 Å². The number of rotatable bonds is 2. The summed E-state index contributed by atoms with van der Waals surface area (Å²) in [4.78, 5) is 11.1. The summed E-state index contributed by atoms with van der Waals surface area (Å²) >= 11 is 0. The number of hydrogen-bond donors (Lipinski definition) is 0. The van der Waals surface area contributed by atoms with Crippen LogP contribution in [0.1, 0.15) is 12.5 Å². The van der Waals surface area contributed by atoms with Crippen LogP contribution >= 0.6 is 0 Å². The van der Waals surface area contributed by atoms with Crippen molar-refractivity contribution in [2.75, 3.05) is 0 Å². The summed E-state index contributed by atoms with van der Waals surface area (Å²) in [5.41, 5.74) is 3.35. The van der Waals surface area contributed by atoms with E-state index in [-0.39, 0.29) is 5.78 Å². The molecule has 0 aliphatic heterocycles. The van der Waals surface area contributed by atoms with E-state index in [1.807, 2.05) is 43.4 Å². The Kier molecular flexibility index (Phi) is 3.51. The zero-order chi connectivity index (χ0) is 12.1. The molecule has 0 N–H and O–H groups in total. The normalized spacial score (nSPS) is 14.6. The van der Waals surface area contributed by atoms with Gasteiger partial charge in [0.15, 0.2) is 5.78 Å². The molecule has 1 nitrogen and oxygen atoms in total. The maximum absolute atomic E-state index is 11.1. The van der Waals surface area contributed by atoms with Crippen LogP contribution in [0.25, 0.3) is 5.57 Å². The van der Waals surface area contributed by atoms with Crippen LogP contribution in [0.5, 0.6) is 0 Å². The summed E-state index contributed by atoms with van der Waals surface area (Å²) in [6, 6.07) is 10.2. The maximum Gasteiger partial charge on any atom is 0.178 e. The van der Waals surface area contributed by atoms with E-state index in [0.717, 1.165) is 16.7 Å². The highest BCUT2D eigenvalue weighted by Gasteiger charge is 2.05. The Morgan fingerprint density at radius 1 is 1.00 bits per heavy atom. The molecule has 0 spiro atoms. The molecule has 0 saturated carbocycles. The predicted molar refractivity (Wildman–Crippen MR) is 71.5 cm³/mol. The van der Waals surface area contributed by atoms with Crippen LogP contribution in [-0.4, -0.2) is 5.78 Å². The van der Waals surface area contributed by atoms with Gasteiger partial charge in [-0.25, -0.2) is 0 Å². The Hall–Kier alpha value is -2.15. The lowest BCUT2D eigenvalue weighted by Gasteiger charge is -2.08. The van der Waals surface area contributed by atoms with E-state index in [1.165, 1.54) is 0 Å². The molecule has 0 amide bonds. The maximum atomic E-state index is 11.1. The highest BCUT2D eigenvalue weighted by Crippen LogP contribution is 2.23. The zero-order valence-corrected chi connectivity index (χ0v) is 9.76. The molecule has 1 heteroatoms. The van der Waals surface area contributed by atoms with Gasteiger partial charge in [-0.15, -0.1) is 0 Å². The Labute approximate surface area is 101 Å². The van der Waals surface area contributed by atoms with Gasteiger partial charge in [-0.2, -0.15) is 0 Å². The molecule has 17 heavy (non-hydrogen) atoms. The lowest BCUT2D eigenvalue weighted by atomic mass is 9.96. The van der Waals surface area contributed by atoms with Crippen molar-refractivity contribution in [2.45, 2.75) is 6.92 Å². The molecule has 0 bridgehead atoms. The number of carbonyl (C=O) groups excluding carboxylic acids is 1. The summed E-state index contributed by atoms with van der Waals surface area (Å²) in [6.07, 6.45) is 11.0. The van der Waals surface area contributed by atoms with Crippen molar-refractivity contribution in [3.05, 3.63) is 77.9 Å². The third-order valence-corrected chi connectivity index (χ3v) is 2.58. The monoisotopic (exact) mass is 222 g/mol. The van der Waals surface area contributed by atoms with Gasteiger partial charge in [-0.05, 0) is 35.8 Å². The number of carbonyl (C=O) groups is 1. The highest BCUT2D eigenvalue weighted by molar-refractivity contribution is 6.02. The molecule has 0 unspecified atom stereocenters. The minimum Gasteiger partial charge on any atom is -0.290 e. The van der Waals surface area contributed by atoms with E-state index in [9.17, 15) is 4.79 Å². The number of allylic oxidation sites excluding steroid dienone is 8. The number of hydrogen-bond acceptors (Lipinski definition) is 1. The molecule has 0 fully saturated rings. The van der Waals surface area contributed by atoms with Gasteiger partial charge in [0.25, 0.3) is 0 Å². The molecule has 84 valence electrons. The van der Waals surface area contributed by atoms with Crippen molar-refractivity contribution in [1.29, 1.82) is 0 Å². The fourth-order valence-electron chi connectivity index (χ4n) is 1.78. The lowest BCUT2D eigenvalue weighted by Crippen LogP contribution is -1.94. The molecule has 0 atom stereocenters. The van der Waals surface area contributed by atoms with Gasteiger partial charge in [0.1, 0.15) is 0 Å². The summed E-state index contributed by atoms with van der Waals surface area (Å²) in [7, 11) is 0. The largest absolute Gasteiger partial charge is 0.290 e. The van der Waals surface area contributed by atoms with Gasteiger partial charge in [0.05, 0.1) is 0 Å². The first-order chi connectivity index (χ1) is 8.31. The molecular weight excluding hydrogens is 208 g/mol. The van der Waals surface area contributed by atoms with E-state index in [0.29, 0.717) is 0 Å². The second-order valence-corrected chi connectivity index (χ2v) is 3.80. The third kappa shape index (κ3) is 2.70. The summed E-state index contributed by atoms with van der Waals surface area (Å²) in [5, 5.41) is 0. The van der Waals surface area contributed by atoms with Gasteiger partial charge in [-0.3, -0.25) is 4.79 Å². The van der Waals surface area contributed by atoms with Crippen LogP contribution in [0, 0.1) is 0 Å². The highest BCUT2D eigenvalue weighted by atomic mass is 16.1. The first-order valence-electron chi connectivity index (χ1n) is 5.64. The lowest BCUT2D eigenvalue weighted by molar-refractivity contribution is -0.110. The third-order valence-electron chi connectivity index (χ3n) is 2.58. The standard InChI is InChI=1S/C16H14O/c1-2-6-16(13-7-4-3-5-8-13)14-9-11-15(17)12-10-14/h2-12H,1H3/b6-2-. The molecule has 0 heterocycles. The Bertz CT molecular complexity index is 510. The zero-order valence-electron chi connectivity index (χ0n) is 9.76. The van der Waals surface area contributed by atoms with Crippen LogP contribution < -0.4 is 0 Å². The number of benzene rings is 1. The van der Waals surface area contributed by atoms with Crippen LogP contribution in [0.15, 0.2) is 72.4 Å². The molecule has 0 saturated heterocycles. The van der Waals surface area contributed by atoms with Gasteiger partial charge in [0, 0.05) is 0 Å². The molecule has 1 aliphatic carbocycles. The van der Waals surface area contributed by atoms with E-state index in [1.54, 1.807) is 12.2 Å². The summed E-state index contributed by atoms with van der Waals surface area (Å²) in [6.45, 7) is 1.99. The molecule has 0 aromatic heterocycles. The van der Waals surface area contributed by atoms with Crippen molar-refractivity contribution >= 4 is 11.4 Å². The van der Waals surface area contributed by atoms with E-state index >= 15 is 0 Å². The Morgan fingerprint density at radius 2 is 1.65 bits per heavy atom. The first-order valence-corrected chi connectivity index (χ1v) is 5.64. The van der Waals surface area contributed by atoms with Crippen molar-refractivity contribution < 1.29 is 4.79 Å². The van der Waals surface area contributed by atoms with Crippen molar-refractivity contribution in [3.8, 4) is 0 Å². The first kappa shape index (κ1) is 11.3. The second kappa shape index (κ2) is 5.26. The average Bonchev–Trinajstić information content (AvgIpc) is 2.38. The summed E-state index contributed by atoms with van der Waals surface area (Å²) < 4.78 is 0. The molecule has 2 rings (SSSR count). The molecule has 1 aromatic rings. The minimum atomic E-state index is 0.0432. The van der Waals surface area contributed by atoms with Gasteiger partial charge >= 0.3 is 0 Å². The van der Waals surface area contributed by atoms with E-state index in [2.05, 4.69) is 18.2 Å². The molecule has 1 aliphatic rings. The van der Waals surface area contributed by atoms with Gasteiger partial charge < -0.3 is 0 Å². The molecule has 0 radical (unpaired) electrons. The van der Waals surface area contributed by atoms with Crippen molar-refractivity contribution in [2.24, 2.45) is 0 Å². The van der Waals surface area contributed by atoms with Gasteiger partial charge in [-0.1, -0.05) is 54.6 Å². The van der Waals surface area contributed by atoms with Crippen molar-refractivity contribution in [3.63, 3.8) is 0 Å². The van der Waals surface area contributed by atoms with E-state index in [4.69, 9.17) is 0 Å². The fourth-order valence-corrected chi connectivity index (χ4v) is 1.78. The second-order valence-electron chi connectivity index (χ2n) is 3.80. The predicted octanol–water partition coefficient (Wildman–Crippen LogP) is 3.71. The fraction of sp³-hybridized carbons (Fsp3) is 0.0625. The molecular formula is C16H14O. The van der Waals surface area contributed by atoms with E-state index < -0.39 is 0 Å². The topological polar surface area (TPSA) is 17.1 Å². The van der Waals surface area contributed by atoms with Crippen LogP contribution in [0.3, 0.4) is 0 Å². The Balaban J connectivity index is 2.50. The summed E-state index contributed by atoms with van der Waals surface area (Å²) in [5.74, 6) is 0.0432. The van der Waals surface area contributed by atoms with Crippen LogP contribution in [0.4, 0.5) is 0 Å². The van der Waals surface area contributed by atoms with Crippen LogP contribution in [-0.2, 0) is 4.79 Å². The average molecular weight is 222 g/mol. The number of ketones is 1. The van der Waals surface area contributed by atoms with Crippen molar-refractivity contribution in [1.82, 2.24) is 0 Å².